The highest BCUT2D eigenvalue weighted by Crippen LogP contribution is 2.32. The number of hydrogen-bond acceptors (Lipinski definition) is 5. The molecule has 0 aromatic rings. The van der Waals surface area contributed by atoms with Gasteiger partial charge in [0.15, 0.2) is 0 Å². The van der Waals surface area contributed by atoms with Crippen LogP contribution >= 0.6 is 0 Å². The van der Waals surface area contributed by atoms with Crippen LogP contribution in [0.25, 0.3) is 0 Å². The standard InChI is InChI=1S/C14H25NO5S/c1-14(2,3)20-13(16)15-12(10-19-21(15,17)18)9-11-7-5-4-6-8-11/h11-12H,4-10H2,1-3H3. The number of ether oxygens (including phenoxy) is 1. The summed E-state index contributed by atoms with van der Waals surface area (Å²) in [6.07, 6.45) is 5.62. The van der Waals surface area contributed by atoms with Crippen LogP contribution in [0.3, 0.4) is 0 Å². The summed E-state index contributed by atoms with van der Waals surface area (Å²) < 4.78 is 34.7. The lowest BCUT2D eigenvalue weighted by Gasteiger charge is -2.29. The van der Waals surface area contributed by atoms with Crippen LogP contribution in [0.5, 0.6) is 0 Å². The molecule has 2 rings (SSSR count). The molecule has 1 aliphatic carbocycles. The molecule has 1 saturated carbocycles. The van der Waals surface area contributed by atoms with Gasteiger partial charge in [-0.1, -0.05) is 32.1 Å². The van der Waals surface area contributed by atoms with Crippen molar-refractivity contribution in [1.82, 2.24) is 4.31 Å². The van der Waals surface area contributed by atoms with Gasteiger partial charge in [0.05, 0.1) is 12.6 Å². The van der Waals surface area contributed by atoms with E-state index in [1.54, 1.807) is 20.8 Å². The van der Waals surface area contributed by atoms with Crippen molar-refractivity contribution in [3.8, 4) is 0 Å². The first kappa shape index (κ1) is 16.5. The SMILES string of the molecule is CC(C)(C)OC(=O)N1C(CC2CCCCC2)COS1(=O)=O. The van der Waals surface area contributed by atoms with Gasteiger partial charge in [-0.25, -0.2) is 4.79 Å². The van der Waals surface area contributed by atoms with Crippen molar-refractivity contribution >= 4 is 16.4 Å². The summed E-state index contributed by atoms with van der Waals surface area (Å²) in [4.78, 5) is 12.2. The summed E-state index contributed by atoms with van der Waals surface area (Å²) in [6.45, 7) is 5.18. The van der Waals surface area contributed by atoms with E-state index in [0.717, 1.165) is 17.1 Å². The van der Waals surface area contributed by atoms with Crippen LogP contribution in [0.1, 0.15) is 59.3 Å². The molecular formula is C14H25NO5S. The lowest BCUT2D eigenvalue weighted by Crippen LogP contribution is -2.43. The van der Waals surface area contributed by atoms with Crippen molar-refractivity contribution in [3.63, 3.8) is 0 Å². The van der Waals surface area contributed by atoms with E-state index in [1.165, 1.54) is 19.3 Å². The average molecular weight is 319 g/mol. The molecule has 1 heterocycles. The van der Waals surface area contributed by atoms with E-state index in [-0.39, 0.29) is 6.61 Å². The van der Waals surface area contributed by atoms with Crippen LogP contribution in [-0.2, 0) is 19.2 Å². The molecule has 0 aromatic carbocycles. The molecule has 1 amide bonds. The Morgan fingerprint density at radius 1 is 1.24 bits per heavy atom. The van der Waals surface area contributed by atoms with Crippen LogP contribution in [0.15, 0.2) is 0 Å². The number of amides is 1. The van der Waals surface area contributed by atoms with Crippen LogP contribution in [0.4, 0.5) is 4.79 Å². The minimum atomic E-state index is -4.00. The molecule has 1 atom stereocenters. The van der Waals surface area contributed by atoms with Crippen molar-refractivity contribution in [3.05, 3.63) is 0 Å². The maximum absolute atomic E-state index is 12.2. The first-order valence-corrected chi connectivity index (χ1v) is 8.97. The number of rotatable bonds is 2. The third-order valence-electron chi connectivity index (χ3n) is 3.89. The molecule has 6 nitrogen and oxygen atoms in total. The Morgan fingerprint density at radius 2 is 1.86 bits per heavy atom. The Hall–Kier alpha value is -0.820. The van der Waals surface area contributed by atoms with Gasteiger partial charge in [0.25, 0.3) is 0 Å². The molecule has 21 heavy (non-hydrogen) atoms. The number of hydrogen-bond donors (Lipinski definition) is 0. The van der Waals surface area contributed by atoms with E-state index in [0.29, 0.717) is 12.3 Å². The Labute approximate surface area is 127 Å². The zero-order valence-corrected chi connectivity index (χ0v) is 13.8. The monoisotopic (exact) mass is 319 g/mol. The molecule has 0 aromatic heterocycles. The largest absolute Gasteiger partial charge is 0.443 e. The number of nitrogens with zero attached hydrogens (tertiary/aromatic N) is 1. The van der Waals surface area contributed by atoms with E-state index in [9.17, 15) is 13.2 Å². The Bertz CT molecular complexity index is 476. The van der Waals surface area contributed by atoms with Gasteiger partial charge in [0.2, 0.25) is 0 Å². The van der Waals surface area contributed by atoms with Gasteiger partial charge in [-0.15, -0.1) is 0 Å². The molecule has 0 radical (unpaired) electrons. The minimum absolute atomic E-state index is 0.0398. The summed E-state index contributed by atoms with van der Waals surface area (Å²) in [5.74, 6) is 0.464. The fraction of sp³-hybridized carbons (Fsp3) is 0.929. The predicted molar refractivity (Wildman–Crippen MR) is 77.9 cm³/mol. The Morgan fingerprint density at radius 3 is 2.43 bits per heavy atom. The fourth-order valence-corrected chi connectivity index (χ4v) is 4.16. The predicted octanol–water partition coefficient (Wildman–Crippen LogP) is 2.84. The van der Waals surface area contributed by atoms with Crippen molar-refractivity contribution < 1.29 is 22.1 Å². The molecule has 0 spiro atoms. The first-order chi connectivity index (χ1) is 9.69. The normalized spacial score (nSPS) is 26.8. The lowest BCUT2D eigenvalue weighted by atomic mass is 9.85. The van der Waals surface area contributed by atoms with Gasteiger partial charge < -0.3 is 4.74 Å². The molecule has 0 N–H and O–H groups in total. The zero-order chi connectivity index (χ0) is 15.7. The van der Waals surface area contributed by atoms with Crippen LogP contribution < -0.4 is 0 Å². The molecule has 2 fully saturated rings. The molecule has 0 bridgehead atoms. The number of carbonyl (C=O) groups is 1. The number of carbonyl (C=O) groups excluding carboxylic acids is 1. The second-order valence-electron chi connectivity index (χ2n) is 6.91. The van der Waals surface area contributed by atoms with Crippen molar-refractivity contribution in [2.75, 3.05) is 6.61 Å². The molecule has 7 heteroatoms. The quantitative estimate of drug-likeness (QED) is 0.782. The summed E-state index contributed by atoms with van der Waals surface area (Å²) in [7, 11) is -4.00. The van der Waals surface area contributed by atoms with Gasteiger partial charge in [0.1, 0.15) is 5.60 Å². The minimum Gasteiger partial charge on any atom is -0.443 e. The maximum atomic E-state index is 12.2. The van der Waals surface area contributed by atoms with Gasteiger partial charge in [0, 0.05) is 0 Å². The zero-order valence-electron chi connectivity index (χ0n) is 13.0. The molecule has 122 valence electrons. The molecule has 1 aliphatic heterocycles. The van der Waals surface area contributed by atoms with Gasteiger partial charge >= 0.3 is 16.4 Å². The third-order valence-corrected chi connectivity index (χ3v) is 5.25. The summed E-state index contributed by atoms with van der Waals surface area (Å²) >= 11 is 0. The van der Waals surface area contributed by atoms with Crippen molar-refractivity contribution in [2.24, 2.45) is 5.92 Å². The van der Waals surface area contributed by atoms with E-state index in [1.807, 2.05) is 0 Å². The second kappa shape index (κ2) is 6.12. The molecule has 2 aliphatic rings. The summed E-state index contributed by atoms with van der Waals surface area (Å²) in [5, 5.41) is 0. The van der Waals surface area contributed by atoms with Gasteiger partial charge in [-0.05, 0) is 33.1 Å². The van der Waals surface area contributed by atoms with Crippen LogP contribution in [-0.4, -0.2) is 37.1 Å². The van der Waals surface area contributed by atoms with Gasteiger partial charge in [-0.3, -0.25) is 4.18 Å². The summed E-state index contributed by atoms with van der Waals surface area (Å²) in [5.41, 5.74) is -0.732. The molecule has 1 saturated heterocycles. The first-order valence-electron chi connectivity index (χ1n) is 7.61. The summed E-state index contributed by atoms with van der Waals surface area (Å²) in [6, 6.07) is -0.437. The van der Waals surface area contributed by atoms with Gasteiger partial charge in [-0.2, -0.15) is 12.7 Å². The smallest absolute Gasteiger partial charge is 0.426 e. The maximum Gasteiger partial charge on any atom is 0.426 e. The van der Waals surface area contributed by atoms with E-state index >= 15 is 0 Å². The topological polar surface area (TPSA) is 72.9 Å². The highest BCUT2D eigenvalue weighted by atomic mass is 32.2. The van der Waals surface area contributed by atoms with Crippen molar-refractivity contribution in [2.45, 2.75) is 70.9 Å². The highest BCUT2D eigenvalue weighted by molar-refractivity contribution is 7.85. The van der Waals surface area contributed by atoms with E-state index in [2.05, 4.69) is 0 Å². The molecular weight excluding hydrogens is 294 g/mol. The second-order valence-corrected chi connectivity index (χ2v) is 8.40. The Balaban J connectivity index is 2.07. The fourth-order valence-electron chi connectivity index (χ4n) is 2.99. The van der Waals surface area contributed by atoms with E-state index in [4.69, 9.17) is 8.92 Å². The molecule has 1 unspecified atom stereocenters. The third kappa shape index (κ3) is 4.32. The van der Waals surface area contributed by atoms with Crippen molar-refractivity contribution in [1.29, 1.82) is 0 Å². The van der Waals surface area contributed by atoms with E-state index < -0.39 is 28.0 Å². The Kier molecular flexibility index (Phi) is 4.82. The highest BCUT2D eigenvalue weighted by Gasteiger charge is 2.45. The van der Waals surface area contributed by atoms with Crippen LogP contribution in [0.2, 0.25) is 0 Å². The average Bonchev–Trinajstić information content (AvgIpc) is 2.63. The lowest BCUT2D eigenvalue weighted by molar-refractivity contribution is 0.0340. The van der Waals surface area contributed by atoms with Crippen LogP contribution in [0, 0.1) is 5.92 Å².